The van der Waals surface area contributed by atoms with Crippen LogP contribution in [-0.4, -0.2) is 16.7 Å². The lowest BCUT2D eigenvalue weighted by atomic mass is 9.85. The molecule has 0 amide bonds. The van der Waals surface area contributed by atoms with Crippen molar-refractivity contribution < 1.29 is 17.9 Å². The van der Waals surface area contributed by atoms with Gasteiger partial charge >= 0.3 is 6.11 Å². The summed E-state index contributed by atoms with van der Waals surface area (Å²) in [6, 6.07) is 8.99. The van der Waals surface area contributed by atoms with Gasteiger partial charge in [-0.1, -0.05) is 39.8 Å². The number of halogens is 3. The highest BCUT2D eigenvalue weighted by Crippen LogP contribution is 2.60. The van der Waals surface area contributed by atoms with E-state index in [0.29, 0.717) is 39.7 Å². The second-order valence-corrected chi connectivity index (χ2v) is 8.15. The van der Waals surface area contributed by atoms with Crippen LogP contribution in [0.4, 0.5) is 18.9 Å². The zero-order valence-corrected chi connectivity index (χ0v) is 19.9. The quantitative estimate of drug-likeness (QED) is 0.398. The van der Waals surface area contributed by atoms with Crippen LogP contribution in [0.1, 0.15) is 62.4 Å². The molecule has 1 aliphatic rings. The predicted octanol–water partition coefficient (Wildman–Crippen LogP) is 6.80. The van der Waals surface area contributed by atoms with Crippen molar-refractivity contribution in [1.82, 2.24) is 4.98 Å². The first-order valence-electron chi connectivity index (χ1n) is 11.4. The van der Waals surface area contributed by atoms with Gasteiger partial charge in [-0.05, 0) is 67.1 Å². The van der Waals surface area contributed by atoms with Gasteiger partial charge in [-0.15, -0.1) is 0 Å². The Morgan fingerprint density at radius 2 is 1.76 bits per heavy atom. The number of pyridine rings is 1. The van der Waals surface area contributed by atoms with Crippen molar-refractivity contribution >= 4 is 16.6 Å². The van der Waals surface area contributed by atoms with Crippen LogP contribution < -0.4 is 10.9 Å². The summed E-state index contributed by atoms with van der Waals surface area (Å²) < 4.78 is 49.0. The molecular formula is C26H31F3N2O2. The SMILES string of the molecule is CC.CCc1c(C(Nc2cc(C)cc3[nH]c(=O)ccc23)C2(CC)OC2(F)F)ccc(C)c1F. The van der Waals surface area contributed by atoms with Gasteiger partial charge < -0.3 is 10.3 Å². The van der Waals surface area contributed by atoms with Crippen LogP contribution in [0.15, 0.2) is 41.2 Å². The summed E-state index contributed by atoms with van der Waals surface area (Å²) in [6.45, 7) is 10.9. The number of rotatable bonds is 6. The first-order valence-corrected chi connectivity index (χ1v) is 11.4. The number of alkyl halides is 2. The van der Waals surface area contributed by atoms with E-state index in [2.05, 4.69) is 10.3 Å². The fraction of sp³-hybridized carbons (Fsp3) is 0.423. The number of anilines is 1. The van der Waals surface area contributed by atoms with Crippen LogP contribution in [0.25, 0.3) is 10.9 Å². The van der Waals surface area contributed by atoms with Gasteiger partial charge in [0.2, 0.25) is 5.56 Å². The van der Waals surface area contributed by atoms with E-state index >= 15 is 0 Å². The molecule has 3 aromatic rings. The minimum absolute atomic E-state index is 0.0386. The van der Waals surface area contributed by atoms with Crippen molar-refractivity contribution in [3.05, 3.63) is 74.8 Å². The van der Waals surface area contributed by atoms with E-state index in [1.807, 2.05) is 32.9 Å². The predicted molar refractivity (Wildman–Crippen MR) is 127 cm³/mol. The molecule has 2 aromatic carbocycles. The maximum atomic E-state index is 14.9. The van der Waals surface area contributed by atoms with E-state index < -0.39 is 17.8 Å². The number of fused-ring (bicyclic) bond motifs is 1. The monoisotopic (exact) mass is 460 g/mol. The molecule has 7 heteroatoms. The van der Waals surface area contributed by atoms with Gasteiger partial charge in [0.05, 0.1) is 11.6 Å². The topological polar surface area (TPSA) is 57.4 Å². The third kappa shape index (κ3) is 4.26. The standard InChI is InChI=1S/C24H25F3N2O2.C2H6/c1-5-15-16(8-7-14(4)21(15)25)22(23(6-2)24(26,27)31-23)29-19-12-13(3)11-18-17(19)9-10-20(30)28-18;1-2/h7-12,22,29H,5-6H2,1-4H3,(H,28,30);1-2H3. The molecular weight excluding hydrogens is 429 g/mol. The van der Waals surface area contributed by atoms with E-state index in [0.717, 1.165) is 5.56 Å². The summed E-state index contributed by atoms with van der Waals surface area (Å²) >= 11 is 0. The number of ether oxygens (including phenoxy) is 1. The molecule has 0 spiro atoms. The van der Waals surface area contributed by atoms with Gasteiger partial charge in [0.15, 0.2) is 5.60 Å². The Morgan fingerprint density at radius 1 is 1.09 bits per heavy atom. The Bertz CT molecular complexity index is 1220. The first kappa shape index (κ1) is 24.8. The number of H-pyrrole nitrogens is 1. The smallest absolute Gasteiger partial charge is 0.374 e. The highest BCUT2D eigenvalue weighted by atomic mass is 19.3. The number of epoxide rings is 1. The van der Waals surface area contributed by atoms with E-state index in [1.165, 1.54) is 6.07 Å². The van der Waals surface area contributed by atoms with Gasteiger partial charge in [-0.2, -0.15) is 8.78 Å². The molecule has 1 aliphatic heterocycles. The Morgan fingerprint density at radius 3 is 2.33 bits per heavy atom. The molecule has 0 saturated carbocycles. The lowest BCUT2D eigenvalue weighted by molar-refractivity contribution is 0.000434. The normalized spacial score (nSPS) is 19.5. The minimum atomic E-state index is -3.33. The average molecular weight is 461 g/mol. The summed E-state index contributed by atoms with van der Waals surface area (Å²) in [7, 11) is 0. The van der Waals surface area contributed by atoms with Crippen molar-refractivity contribution in [3.8, 4) is 0 Å². The van der Waals surface area contributed by atoms with E-state index in [1.54, 1.807) is 39.0 Å². The van der Waals surface area contributed by atoms with Gasteiger partial charge in [0.25, 0.3) is 0 Å². The summed E-state index contributed by atoms with van der Waals surface area (Å²) in [5.74, 6) is -0.388. The second kappa shape index (κ2) is 9.21. The van der Waals surface area contributed by atoms with E-state index in [4.69, 9.17) is 4.74 Å². The largest absolute Gasteiger partial charge is 0.388 e. The van der Waals surface area contributed by atoms with Gasteiger partial charge in [-0.25, -0.2) is 4.39 Å². The Balaban J connectivity index is 0.00000149. The Kier molecular flexibility index (Phi) is 6.93. The highest BCUT2D eigenvalue weighted by molar-refractivity contribution is 5.92. The molecule has 33 heavy (non-hydrogen) atoms. The molecule has 4 rings (SSSR count). The minimum Gasteiger partial charge on any atom is -0.374 e. The fourth-order valence-corrected chi connectivity index (χ4v) is 4.43. The zero-order valence-electron chi connectivity index (χ0n) is 19.9. The average Bonchev–Trinajstić information content (AvgIpc) is 3.36. The molecule has 1 aromatic heterocycles. The summed E-state index contributed by atoms with van der Waals surface area (Å²) in [4.78, 5) is 14.5. The lowest BCUT2D eigenvalue weighted by Crippen LogP contribution is -2.34. The van der Waals surface area contributed by atoms with Crippen LogP contribution in [0.2, 0.25) is 0 Å². The van der Waals surface area contributed by atoms with E-state index in [-0.39, 0.29) is 17.8 Å². The molecule has 0 bridgehead atoms. The van der Waals surface area contributed by atoms with E-state index in [9.17, 15) is 18.0 Å². The van der Waals surface area contributed by atoms with Crippen molar-refractivity contribution in [2.45, 2.75) is 72.1 Å². The molecule has 178 valence electrons. The molecule has 2 N–H and O–H groups in total. The molecule has 0 aliphatic carbocycles. The van der Waals surface area contributed by atoms with Crippen molar-refractivity contribution in [1.29, 1.82) is 0 Å². The molecule has 0 radical (unpaired) electrons. The van der Waals surface area contributed by atoms with Crippen LogP contribution >= 0.6 is 0 Å². The van der Waals surface area contributed by atoms with Crippen LogP contribution in [-0.2, 0) is 11.2 Å². The van der Waals surface area contributed by atoms with Crippen molar-refractivity contribution in [2.24, 2.45) is 0 Å². The lowest BCUT2D eigenvalue weighted by Gasteiger charge is -2.29. The molecule has 2 unspecified atom stereocenters. The molecule has 2 atom stereocenters. The molecule has 1 fully saturated rings. The second-order valence-electron chi connectivity index (χ2n) is 8.15. The van der Waals surface area contributed by atoms with Crippen LogP contribution in [0.5, 0.6) is 0 Å². The summed E-state index contributed by atoms with van der Waals surface area (Å²) in [6.07, 6.45) is -2.94. The number of aryl methyl sites for hydroxylation is 2. The van der Waals surface area contributed by atoms with Crippen LogP contribution in [0, 0.1) is 19.7 Å². The van der Waals surface area contributed by atoms with Gasteiger partial charge in [0, 0.05) is 17.1 Å². The maximum absolute atomic E-state index is 14.9. The van der Waals surface area contributed by atoms with Crippen molar-refractivity contribution in [2.75, 3.05) is 5.32 Å². The fourth-order valence-electron chi connectivity index (χ4n) is 4.43. The number of aromatic amines is 1. The summed E-state index contributed by atoms with van der Waals surface area (Å²) in [5.41, 5.74) is 1.26. The highest BCUT2D eigenvalue weighted by Gasteiger charge is 2.77. The summed E-state index contributed by atoms with van der Waals surface area (Å²) in [5, 5.41) is 3.91. The number of hydrogen-bond acceptors (Lipinski definition) is 3. The van der Waals surface area contributed by atoms with Crippen LogP contribution in [0.3, 0.4) is 0 Å². The van der Waals surface area contributed by atoms with Gasteiger partial charge in [0.1, 0.15) is 5.82 Å². The molecule has 1 saturated heterocycles. The molecule has 4 nitrogen and oxygen atoms in total. The Hall–Kier alpha value is -2.80. The maximum Gasteiger partial charge on any atom is 0.388 e. The third-order valence-corrected chi connectivity index (χ3v) is 6.17. The Labute approximate surface area is 192 Å². The zero-order chi connectivity index (χ0) is 24.6. The number of aromatic nitrogens is 1. The first-order chi connectivity index (χ1) is 15.6. The third-order valence-electron chi connectivity index (χ3n) is 6.17. The number of benzene rings is 2. The number of nitrogens with one attached hydrogen (secondary N) is 2. The van der Waals surface area contributed by atoms with Gasteiger partial charge in [-0.3, -0.25) is 9.53 Å². The van der Waals surface area contributed by atoms with Crippen molar-refractivity contribution in [3.63, 3.8) is 0 Å². The molecule has 2 heterocycles. The number of hydrogen-bond donors (Lipinski definition) is 2.